The van der Waals surface area contributed by atoms with E-state index in [-0.39, 0.29) is 42.4 Å². The third-order valence-electron chi connectivity index (χ3n) is 4.49. The molecular formula is C18H24ClN3O4. The first-order valence-electron chi connectivity index (χ1n) is 8.55. The maximum atomic E-state index is 12.7. The lowest BCUT2D eigenvalue weighted by Gasteiger charge is -2.31. The molecule has 2 heterocycles. The number of para-hydroxylation sites is 1. The van der Waals surface area contributed by atoms with Crippen LogP contribution in [0.4, 0.5) is 0 Å². The number of halogens is 1. The SMILES string of the molecule is CCO[C@H]1CCCN[C@@H]1C(=O)Cn1cnc2c(OC)cccc2c1=O.Cl. The van der Waals surface area contributed by atoms with Crippen LogP contribution in [0, 0.1) is 0 Å². The van der Waals surface area contributed by atoms with Gasteiger partial charge in [-0.25, -0.2) is 4.98 Å². The zero-order valence-electron chi connectivity index (χ0n) is 14.9. The predicted octanol–water partition coefficient (Wildman–Crippen LogP) is 1.55. The summed E-state index contributed by atoms with van der Waals surface area (Å²) >= 11 is 0. The minimum absolute atomic E-state index is 0. The molecule has 0 unspecified atom stereocenters. The first-order valence-corrected chi connectivity index (χ1v) is 8.55. The third kappa shape index (κ3) is 4.06. The number of fused-ring (bicyclic) bond motifs is 1. The van der Waals surface area contributed by atoms with Crippen LogP contribution in [0.25, 0.3) is 10.9 Å². The number of ketones is 1. The van der Waals surface area contributed by atoms with Gasteiger partial charge in [0.05, 0.1) is 37.5 Å². The van der Waals surface area contributed by atoms with Gasteiger partial charge in [0, 0.05) is 6.61 Å². The summed E-state index contributed by atoms with van der Waals surface area (Å²) in [7, 11) is 1.54. The Morgan fingerprint density at radius 3 is 2.96 bits per heavy atom. The monoisotopic (exact) mass is 381 g/mol. The summed E-state index contributed by atoms with van der Waals surface area (Å²) in [5, 5.41) is 3.66. The minimum atomic E-state index is -0.387. The lowest BCUT2D eigenvalue weighted by molar-refractivity contribution is -0.126. The molecule has 0 aliphatic carbocycles. The van der Waals surface area contributed by atoms with Crippen molar-refractivity contribution in [3.63, 3.8) is 0 Å². The van der Waals surface area contributed by atoms with Gasteiger partial charge < -0.3 is 14.8 Å². The van der Waals surface area contributed by atoms with Gasteiger partial charge in [-0.15, -0.1) is 12.4 Å². The maximum Gasteiger partial charge on any atom is 0.261 e. The van der Waals surface area contributed by atoms with E-state index >= 15 is 0 Å². The minimum Gasteiger partial charge on any atom is -0.494 e. The van der Waals surface area contributed by atoms with Crippen LogP contribution in [0.1, 0.15) is 19.8 Å². The summed E-state index contributed by atoms with van der Waals surface area (Å²) in [5.74, 6) is 0.475. The van der Waals surface area contributed by atoms with Gasteiger partial charge in [0.2, 0.25) is 0 Å². The quantitative estimate of drug-likeness (QED) is 0.817. The second-order valence-electron chi connectivity index (χ2n) is 6.07. The van der Waals surface area contributed by atoms with Gasteiger partial charge in [-0.1, -0.05) is 6.07 Å². The summed E-state index contributed by atoms with van der Waals surface area (Å²) in [6, 6.07) is 4.80. The van der Waals surface area contributed by atoms with Gasteiger partial charge in [-0.3, -0.25) is 14.2 Å². The number of piperidine rings is 1. The Kier molecular flexibility index (Phi) is 7.14. The standard InChI is InChI=1S/C18H23N3O4.ClH/c1-3-25-15-8-5-9-19-17(15)13(22)10-21-11-20-16-12(18(21)23)6-4-7-14(16)24-2;/h4,6-7,11,15,17,19H,3,5,8-10H2,1-2H3;1H/t15-,17+;/m0./s1. The highest BCUT2D eigenvalue weighted by atomic mass is 35.5. The molecule has 0 amide bonds. The van der Waals surface area contributed by atoms with Crippen molar-refractivity contribution in [2.24, 2.45) is 0 Å². The fraction of sp³-hybridized carbons (Fsp3) is 0.500. The number of ether oxygens (including phenoxy) is 2. The number of rotatable bonds is 6. The van der Waals surface area contributed by atoms with E-state index in [4.69, 9.17) is 9.47 Å². The Bertz CT molecular complexity index is 822. The van der Waals surface area contributed by atoms with Crippen LogP contribution in [0.5, 0.6) is 5.75 Å². The van der Waals surface area contributed by atoms with Gasteiger partial charge in [0.1, 0.15) is 11.3 Å². The molecule has 0 spiro atoms. The van der Waals surface area contributed by atoms with Crippen LogP contribution in [0.15, 0.2) is 29.3 Å². The molecule has 8 heteroatoms. The molecule has 142 valence electrons. The molecule has 2 atom stereocenters. The number of aromatic nitrogens is 2. The normalized spacial score (nSPS) is 19.8. The lowest BCUT2D eigenvalue weighted by atomic mass is 9.97. The first-order chi connectivity index (χ1) is 12.2. The second-order valence-corrected chi connectivity index (χ2v) is 6.07. The summed E-state index contributed by atoms with van der Waals surface area (Å²) in [6.45, 7) is 3.23. The van der Waals surface area contributed by atoms with Crippen molar-refractivity contribution in [3.8, 4) is 5.75 Å². The molecule has 1 aromatic heterocycles. The smallest absolute Gasteiger partial charge is 0.261 e. The number of Topliss-reactive ketones (excluding diaryl/α,β-unsaturated/α-hetero) is 1. The number of nitrogens with zero attached hydrogens (tertiary/aromatic N) is 2. The Hall–Kier alpha value is -1.96. The topological polar surface area (TPSA) is 82.4 Å². The zero-order chi connectivity index (χ0) is 17.8. The van der Waals surface area contributed by atoms with Crippen LogP contribution in [0.3, 0.4) is 0 Å². The molecule has 3 rings (SSSR count). The number of hydrogen-bond acceptors (Lipinski definition) is 6. The number of nitrogens with one attached hydrogen (secondary N) is 1. The zero-order valence-corrected chi connectivity index (χ0v) is 15.8. The van der Waals surface area contributed by atoms with Gasteiger partial charge in [-0.05, 0) is 38.4 Å². The molecule has 0 bridgehead atoms. The van der Waals surface area contributed by atoms with E-state index in [9.17, 15) is 9.59 Å². The predicted molar refractivity (Wildman–Crippen MR) is 101 cm³/mol. The first kappa shape index (κ1) is 20.4. The van der Waals surface area contributed by atoms with Crippen LogP contribution >= 0.6 is 12.4 Å². The van der Waals surface area contributed by atoms with Crippen molar-refractivity contribution in [2.75, 3.05) is 20.3 Å². The molecule has 1 fully saturated rings. The van der Waals surface area contributed by atoms with Crippen molar-refractivity contribution in [3.05, 3.63) is 34.9 Å². The van der Waals surface area contributed by atoms with Crippen LogP contribution in [-0.2, 0) is 16.1 Å². The maximum absolute atomic E-state index is 12.7. The third-order valence-corrected chi connectivity index (χ3v) is 4.49. The van der Waals surface area contributed by atoms with Gasteiger partial charge in [0.15, 0.2) is 5.78 Å². The van der Waals surface area contributed by atoms with Crippen LogP contribution in [-0.4, -0.2) is 47.7 Å². The lowest BCUT2D eigenvalue weighted by Crippen LogP contribution is -2.52. The van der Waals surface area contributed by atoms with E-state index in [0.29, 0.717) is 23.3 Å². The van der Waals surface area contributed by atoms with Crippen LogP contribution in [0.2, 0.25) is 0 Å². The number of carbonyl (C=O) groups excluding carboxylic acids is 1. The molecule has 1 N–H and O–H groups in total. The van der Waals surface area contributed by atoms with Gasteiger partial charge in [0.25, 0.3) is 5.56 Å². The fourth-order valence-electron chi connectivity index (χ4n) is 3.28. The van der Waals surface area contributed by atoms with Crippen molar-refractivity contribution < 1.29 is 14.3 Å². The molecule has 0 saturated carbocycles. The van der Waals surface area contributed by atoms with Gasteiger partial charge in [-0.2, -0.15) is 0 Å². The number of benzene rings is 1. The summed E-state index contributed by atoms with van der Waals surface area (Å²) < 4.78 is 12.3. The molecule has 1 saturated heterocycles. The molecule has 0 radical (unpaired) electrons. The highest BCUT2D eigenvalue weighted by Crippen LogP contribution is 2.20. The van der Waals surface area contributed by atoms with Gasteiger partial charge >= 0.3 is 0 Å². The van der Waals surface area contributed by atoms with E-state index < -0.39 is 0 Å². The molecule has 1 aliphatic heterocycles. The molecule has 7 nitrogen and oxygen atoms in total. The largest absolute Gasteiger partial charge is 0.494 e. The Labute approximate surface area is 158 Å². The second kappa shape index (κ2) is 9.12. The molecular weight excluding hydrogens is 358 g/mol. The highest BCUT2D eigenvalue weighted by molar-refractivity contribution is 5.86. The Morgan fingerprint density at radius 2 is 2.23 bits per heavy atom. The Morgan fingerprint density at radius 1 is 1.42 bits per heavy atom. The molecule has 1 aromatic carbocycles. The van der Waals surface area contributed by atoms with Crippen LogP contribution < -0.4 is 15.6 Å². The van der Waals surface area contributed by atoms with E-state index in [2.05, 4.69) is 10.3 Å². The molecule has 1 aliphatic rings. The van der Waals surface area contributed by atoms with Crippen molar-refractivity contribution in [1.82, 2.24) is 14.9 Å². The number of carbonyl (C=O) groups is 1. The molecule has 26 heavy (non-hydrogen) atoms. The fourth-order valence-corrected chi connectivity index (χ4v) is 3.28. The summed E-state index contributed by atoms with van der Waals surface area (Å²) in [4.78, 5) is 29.7. The van der Waals surface area contributed by atoms with Crippen molar-refractivity contribution in [2.45, 2.75) is 38.5 Å². The van der Waals surface area contributed by atoms with E-state index in [1.165, 1.54) is 18.0 Å². The average Bonchev–Trinajstić information content (AvgIpc) is 2.64. The van der Waals surface area contributed by atoms with E-state index in [0.717, 1.165) is 19.4 Å². The summed E-state index contributed by atoms with van der Waals surface area (Å²) in [6.07, 6.45) is 3.09. The van der Waals surface area contributed by atoms with Crippen molar-refractivity contribution in [1.29, 1.82) is 0 Å². The average molecular weight is 382 g/mol. The Balaban J connectivity index is 0.00000243. The van der Waals surface area contributed by atoms with E-state index in [1.807, 2.05) is 6.92 Å². The summed E-state index contributed by atoms with van der Waals surface area (Å²) in [5.41, 5.74) is 0.253. The number of methoxy groups -OCH3 is 1. The number of hydrogen-bond donors (Lipinski definition) is 1. The molecule has 2 aromatic rings. The highest BCUT2D eigenvalue weighted by Gasteiger charge is 2.31. The van der Waals surface area contributed by atoms with E-state index in [1.54, 1.807) is 18.2 Å². The van der Waals surface area contributed by atoms with Crippen molar-refractivity contribution >= 4 is 29.1 Å².